The van der Waals surface area contributed by atoms with Gasteiger partial charge in [-0.2, -0.15) is 0 Å². The number of hydrogen-bond acceptors (Lipinski definition) is 2. The van der Waals surface area contributed by atoms with Gasteiger partial charge in [0.25, 0.3) is 0 Å². The summed E-state index contributed by atoms with van der Waals surface area (Å²) in [6, 6.07) is 15.8. The van der Waals surface area contributed by atoms with Gasteiger partial charge in [0.2, 0.25) is 5.91 Å². The van der Waals surface area contributed by atoms with Crippen LogP contribution >= 0.6 is 0 Å². The molecule has 112 valence electrons. The quantitative estimate of drug-likeness (QED) is 0.836. The lowest BCUT2D eigenvalue weighted by Crippen LogP contribution is -2.05. The summed E-state index contributed by atoms with van der Waals surface area (Å²) >= 11 is 0. The van der Waals surface area contributed by atoms with Crippen molar-refractivity contribution in [2.75, 3.05) is 11.1 Å². The maximum atomic E-state index is 10.7. The third-order valence-corrected chi connectivity index (χ3v) is 3.01. The van der Waals surface area contributed by atoms with Crippen LogP contribution in [0.15, 0.2) is 48.5 Å². The summed E-state index contributed by atoms with van der Waals surface area (Å²) in [6.07, 6.45) is 2.05. The van der Waals surface area contributed by atoms with Crippen LogP contribution in [0.3, 0.4) is 0 Å². The van der Waals surface area contributed by atoms with E-state index in [1.54, 1.807) is 0 Å². The molecule has 0 fully saturated rings. The molecule has 0 saturated heterocycles. The molecular weight excluding hydrogens is 260 g/mol. The summed E-state index contributed by atoms with van der Waals surface area (Å²) in [5.74, 6) is -0.0248. The zero-order valence-electron chi connectivity index (χ0n) is 13.0. The Kier molecular flexibility index (Phi) is 7.02. The number of amides is 1. The van der Waals surface area contributed by atoms with E-state index in [9.17, 15) is 4.79 Å². The molecular formula is C18H24N2O. The van der Waals surface area contributed by atoms with E-state index < -0.39 is 0 Å². The molecule has 2 aromatic rings. The van der Waals surface area contributed by atoms with Gasteiger partial charge in [-0.05, 0) is 48.2 Å². The van der Waals surface area contributed by atoms with Crippen LogP contribution in [0, 0.1) is 0 Å². The Morgan fingerprint density at radius 1 is 1.00 bits per heavy atom. The topological polar surface area (TPSA) is 55.1 Å². The fraction of sp³-hybridized carbons (Fsp3) is 0.278. The van der Waals surface area contributed by atoms with Crippen LogP contribution in [-0.4, -0.2) is 5.91 Å². The number of nitrogens with two attached hydrogens (primary N) is 1. The number of nitrogens with one attached hydrogen (secondary N) is 1. The van der Waals surface area contributed by atoms with Crippen LogP contribution in [0.25, 0.3) is 0 Å². The largest absolute Gasteiger partial charge is 0.399 e. The van der Waals surface area contributed by atoms with Crippen molar-refractivity contribution < 1.29 is 4.79 Å². The number of carbonyl (C=O) groups excluding carboxylic acids is 1. The van der Waals surface area contributed by atoms with Crippen molar-refractivity contribution in [1.29, 1.82) is 0 Å². The second kappa shape index (κ2) is 8.80. The first-order valence-corrected chi connectivity index (χ1v) is 7.26. The molecule has 2 aromatic carbocycles. The molecule has 0 atom stereocenters. The normalized spacial score (nSPS) is 9.48. The highest BCUT2D eigenvalue weighted by atomic mass is 16.1. The summed E-state index contributed by atoms with van der Waals surface area (Å²) in [5.41, 5.74) is 9.80. The molecule has 0 saturated carbocycles. The second-order valence-corrected chi connectivity index (χ2v) is 4.83. The molecule has 3 N–H and O–H groups in total. The molecule has 0 radical (unpaired) electrons. The molecule has 21 heavy (non-hydrogen) atoms. The van der Waals surface area contributed by atoms with Gasteiger partial charge in [-0.15, -0.1) is 0 Å². The van der Waals surface area contributed by atoms with Crippen molar-refractivity contribution >= 4 is 17.3 Å². The minimum atomic E-state index is -0.0248. The van der Waals surface area contributed by atoms with Gasteiger partial charge in [0.05, 0.1) is 0 Å². The Bertz CT molecular complexity index is 579. The molecule has 0 unspecified atom stereocenters. The van der Waals surface area contributed by atoms with Gasteiger partial charge >= 0.3 is 0 Å². The molecule has 0 aliphatic heterocycles. The smallest absolute Gasteiger partial charge is 0.221 e. The fourth-order valence-corrected chi connectivity index (χ4v) is 1.89. The zero-order valence-corrected chi connectivity index (χ0v) is 13.0. The van der Waals surface area contributed by atoms with Crippen molar-refractivity contribution in [3.8, 4) is 0 Å². The standard InChI is InChI=1S/C10H13NO.C8H11N/c1-3-9-5-4-6-10(7-9)11-8(2)12;1-2-7-4-3-5-8(9)6-7/h4-7H,3H2,1-2H3,(H,11,12);3-6H,2,9H2,1H3. The number of anilines is 2. The van der Waals surface area contributed by atoms with Gasteiger partial charge in [0.15, 0.2) is 0 Å². The maximum absolute atomic E-state index is 10.7. The Balaban J connectivity index is 0.000000219. The summed E-state index contributed by atoms with van der Waals surface area (Å²) < 4.78 is 0. The van der Waals surface area contributed by atoms with E-state index in [1.165, 1.54) is 18.1 Å². The molecule has 1 amide bonds. The fourth-order valence-electron chi connectivity index (χ4n) is 1.89. The van der Waals surface area contributed by atoms with E-state index in [0.29, 0.717) is 0 Å². The van der Waals surface area contributed by atoms with Crippen LogP contribution in [0.2, 0.25) is 0 Å². The molecule has 0 aromatic heterocycles. The maximum Gasteiger partial charge on any atom is 0.221 e. The van der Waals surface area contributed by atoms with Gasteiger partial charge in [-0.3, -0.25) is 4.79 Å². The number of rotatable bonds is 3. The number of hydrogen-bond donors (Lipinski definition) is 2. The van der Waals surface area contributed by atoms with Crippen molar-refractivity contribution in [2.24, 2.45) is 0 Å². The second-order valence-electron chi connectivity index (χ2n) is 4.83. The highest BCUT2D eigenvalue weighted by Gasteiger charge is 1.95. The van der Waals surface area contributed by atoms with Crippen LogP contribution < -0.4 is 11.1 Å². The number of nitrogen functional groups attached to an aromatic ring is 1. The lowest BCUT2D eigenvalue weighted by atomic mass is 10.1. The van der Waals surface area contributed by atoms with E-state index in [2.05, 4.69) is 25.2 Å². The molecule has 0 spiro atoms. The van der Waals surface area contributed by atoms with Crippen LogP contribution in [0.1, 0.15) is 31.9 Å². The predicted octanol–water partition coefficient (Wildman–Crippen LogP) is 4.04. The first-order chi connectivity index (χ1) is 10.0. The third kappa shape index (κ3) is 6.61. The van der Waals surface area contributed by atoms with Crippen LogP contribution in [0.5, 0.6) is 0 Å². The van der Waals surface area contributed by atoms with Gasteiger partial charge in [0, 0.05) is 18.3 Å². The van der Waals surface area contributed by atoms with E-state index in [-0.39, 0.29) is 5.91 Å². The van der Waals surface area contributed by atoms with Crippen molar-refractivity contribution in [3.05, 3.63) is 59.7 Å². The predicted molar refractivity (Wildman–Crippen MR) is 90.4 cm³/mol. The van der Waals surface area contributed by atoms with Crippen LogP contribution in [0.4, 0.5) is 11.4 Å². The molecule has 0 aliphatic rings. The first-order valence-electron chi connectivity index (χ1n) is 7.26. The minimum absolute atomic E-state index is 0.0248. The lowest BCUT2D eigenvalue weighted by Gasteiger charge is -2.02. The Labute approximate surface area is 127 Å². The van der Waals surface area contributed by atoms with E-state index in [4.69, 9.17) is 5.73 Å². The van der Waals surface area contributed by atoms with Crippen LogP contribution in [-0.2, 0) is 17.6 Å². The SMILES string of the molecule is CCc1cccc(N)c1.CCc1cccc(NC(C)=O)c1. The van der Waals surface area contributed by atoms with Gasteiger partial charge in [-0.1, -0.05) is 38.1 Å². The molecule has 3 heteroatoms. The van der Waals surface area contributed by atoms with Crippen molar-refractivity contribution in [1.82, 2.24) is 0 Å². The summed E-state index contributed by atoms with van der Waals surface area (Å²) in [7, 11) is 0. The number of carbonyl (C=O) groups is 1. The summed E-state index contributed by atoms with van der Waals surface area (Å²) in [4.78, 5) is 10.7. The molecule has 2 rings (SSSR count). The van der Waals surface area contributed by atoms with E-state index in [0.717, 1.165) is 24.2 Å². The van der Waals surface area contributed by atoms with E-state index in [1.807, 2.05) is 42.5 Å². The third-order valence-electron chi connectivity index (χ3n) is 3.01. The molecule has 0 aliphatic carbocycles. The summed E-state index contributed by atoms with van der Waals surface area (Å²) in [5, 5.41) is 2.74. The highest BCUT2D eigenvalue weighted by molar-refractivity contribution is 5.88. The van der Waals surface area contributed by atoms with E-state index >= 15 is 0 Å². The summed E-state index contributed by atoms with van der Waals surface area (Å²) in [6.45, 7) is 5.72. The first kappa shape index (κ1) is 16.8. The molecule has 3 nitrogen and oxygen atoms in total. The molecule has 0 heterocycles. The monoisotopic (exact) mass is 284 g/mol. The van der Waals surface area contributed by atoms with Gasteiger partial charge in [-0.25, -0.2) is 0 Å². The average molecular weight is 284 g/mol. The lowest BCUT2D eigenvalue weighted by molar-refractivity contribution is -0.114. The number of benzene rings is 2. The molecule has 0 bridgehead atoms. The van der Waals surface area contributed by atoms with Crippen molar-refractivity contribution in [2.45, 2.75) is 33.6 Å². The van der Waals surface area contributed by atoms with Gasteiger partial charge < -0.3 is 11.1 Å². The zero-order chi connectivity index (χ0) is 15.7. The van der Waals surface area contributed by atoms with Crippen molar-refractivity contribution in [3.63, 3.8) is 0 Å². The minimum Gasteiger partial charge on any atom is -0.399 e. The Hall–Kier alpha value is -2.29. The number of aryl methyl sites for hydroxylation is 2. The Morgan fingerprint density at radius 2 is 1.57 bits per heavy atom. The Morgan fingerprint density at radius 3 is 2.05 bits per heavy atom. The highest BCUT2D eigenvalue weighted by Crippen LogP contribution is 2.10. The average Bonchev–Trinajstić information content (AvgIpc) is 2.47. The van der Waals surface area contributed by atoms with Gasteiger partial charge in [0.1, 0.15) is 0 Å².